The number of hydrogen-bond donors (Lipinski definition) is 1. The first-order valence-corrected chi connectivity index (χ1v) is 8.37. The van der Waals surface area contributed by atoms with E-state index in [-0.39, 0.29) is 19.1 Å². The van der Waals surface area contributed by atoms with Crippen LogP contribution >= 0.6 is 0 Å². The number of halogens is 2. The van der Waals surface area contributed by atoms with Gasteiger partial charge in [0.1, 0.15) is 6.10 Å². The van der Waals surface area contributed by atoms with Crippen LogP contribution in [-0.2, 0) is 14.2 Å². The van der Waals surface area contributed by atoms with Gasteiger partial charge in [0.05, 0.1) is 13.1 Å². The molecule has 7 nitrogen and oxygen atoms in total. The van der Waals surface area contributed by atoms with Gasteiger partial charge in [-0.05, 0) is 24.3 Å². The third kappa shape index (κ3) is 3.10. The molecular formula is C17H23F2N3O4. The second-order valence-electron chi connectivity index (χ2n) is 6.41. The Morgan fingerprint density at radius 1 is 1.23 bits per heavy atom. The van der Waals surface area contributed by atoms with Crippen molar-refractivity contribution in [3.8, 4) is 0 Å². The van der Waals surface area contributed by atoms with Gasteiger partial charge in [-0.25, -0.2) is 4.79 Å². The molecule has 1 aromatic carbocycles. The number of alkyl halides is 2. The molecule has 0 radical (unpaired) electrons. The van der Waals surface area contributed by atoms with Crippen molar-refractivity contribution in [1.29, 1.82) is 0 Å². The van der Waals surface area contributed by atoms with Crippen molar-refractivity contribution in [2.24, 2.45) is 5.73 Å². The molecule has 2 saturated heterocycles. The first-order valence-electron chi connectivity index (χ1n) is 8.37. The molecule has 2 aliphatic heterocycles. The van der Waals surface area contributed by atoms with E-state index in [1.165, 1.54) is 19.1 Å². The number of anilines is 2. The second-order valence-corrected chi connectivity index (χ2v) is 6.41. The average Bonchev–Trinajstić information content (AvgIpc) is 3.02. The number of amides is 1. The number of hydrogen-bond acceptors (Lipinski definition) is 6. The van der Waals surface area contributed by atoms with Crippen LogP contribution in [0, 0.1) is 0 Å². The molecule has 144 valence electrons. The van der Waals surface area contributed by atoms with Gasteiger partial charge in [0.15, 0.2) is 0 Å². The van der Waals surface area contributed by atoms with Crippen LogP contribution in [0.5, 0.6) is 0 Å². The Hall–Kier alpha value is -1.97. The number of carbonyl (C=O) groups is 1. The van der Waals surface area contributed by atoms with Gasteiger partial charge in [-0.3, -0.25) is 4.90 Å². The summed E-state index contributed by atoms with van der Waals surface area (Å²) >= 11 is 0. The summed E-state index contributed by atoms with van der Waals surface area (Å²) in [7, 11) is 2.46. The Labute approximate surface area is 150 Å². The number of cyclic esters (lactones) is 1. The quantitative estimate of drug-likeness (QED) is 0.796. The van der Waals surface area contributed by atoms with Crippen LogP contribution < -0.4 is 15.5 Å². The zero-order valence-electron chi connectivity index (χ0n) is 14.8. The highest BCUT2D eigenvalue weighted by Gasteiger charge is 2.58. The molecule has 3 rings (SSSR count). The SMILES string of the molecule is COC1(OC)CCN(c2ccc(N3C[C@H](CN)OC3=O)cc2)CC1(F)F. The highest BCUT2D eigenvalue weighted by atomic mass is 19.3. The molecule has 2 heterocycles. The fraction of sp³-hybridized carbons (Fsp3) is 0.588. The number of nitrogens with two attached hydrogens (primary N) is 1. The molecule has 0 aromatic heterocycles. The molecular weight excluding hydrogens is 348 g/mol. The number of piperidine rings is 1. The van der Waals surface area contributed by atoms with E-state index in [2.05, 4.69) is 0 Å². The van der Waals surface area contributed by atoms with Gasteiger partial charge < -0.3 is 24.8 Å². The highest BCUT2D eigenvalue weighted by Crippen LogP contribution is 2.41. The Morgan fingerprint density at radius 2 is 1.85 bits per heavy atom. The standard InChI is InChI=1S/C17H23F2N3O4/c1-24-17(25-2)7-8-21(11-16(17,18)19)12-3-5-13(6-4-12)22-10-14(9-20)26-15(22)23/h3-6,14H,7-11,20H2,1-2H3/t14-/m0/s1. The number of benzene rings is 1. The summed E-state index contributed by atoms with van der Waals surface area (Å²) in [6, 6.07) is 6.84. The van der Waals surface area contributed by atoms with Crippen molar-refractivity contribution in [3.05, 3.63) is 24.3 Å². The van der Waals surface area contributed by atoms with Gasteiger partial charge in [-0.1, -0.05) is 0 Å². The van der Waals surface area contributed by atoms with Crippen LogP contribution in [0.3, 0.4) is 0 Å². The third-order valence-electron chi connectivity index (χ3n) is 4.98. The third-order valence-corrected chi connectivity index (χ3v) is 4.98. The van der Waals surface area contributed by atoms with E-state index in [0.29, 0.717) is 24.5 Å². The Balaban J connectivity index is 1.73. The zero-order chi connectivity index (χ0) is 18.9. The van der Waals surface area contributed by atoms with E-state index >= 15 is 0 Å². The predicted octanol–water partition coefficient (Wildman–Crippen LogP) is 1.80. The minimum atomic E-state index is -3.17. The van der Waals surface area contributed by atoms with Crippen molar-refractivity contribution in [3.63, 3.8) is 0 Å². The zero-order valence-corrected chi connectivity index (χ0v) is 14.8. The van der Waals surface area contributed by atoms with E-state index in [4.69, 9.17) is 19.9 Å². The van der Waals surface area contributed by atoms with Gasteiger partial charge in [0, 0.05) is 45.1 Å². The summed E-state index contributed by atoms with van der Waals surface area (Å²) in [6.45, 7) is 0.469. The average molecular weight is 371 g/mol. The van der Waals surface area contributed by atoms with Crippen molar-refractivity contribution < 1.29 is 27.8 Å². The van der Waals surface area contributed by atoms with Crippen LogP contribution in [0.15, 0.2) is 24.3 Å². The highest BCUT2D eigenvalue weighted by molar-refractivity contribution is 5.90. The summed E-state index contributed by atoms with van der Waals surface area (Å²) in [4.78, 5) is 14.9. The molecule has 2 N–H and O–H groups in total. The maximum Gasteiger partial charge on any atom is 0.414 e. The lowest BCUT2D eigenvalue weighted by molar-refractivity contribution is -0.324. The lowest BCUT2D eigenvalue weighted by Gasteiger charge is -2.45. The maximum atomic E-state index is 14.5. The number of nitrogens with zero attached hydrogens (tertiary/aromatic N) is 2. The van der Waals surface area contributed by atoms with Crippen LogP contribution in [0.4, 0.5) is 25.0 Å². The molecule has 0 spiro atoms. The number of rotatable bonds is 5. The molecule has 1 atom stereocenters. The Morgan fingerprint density at radius 3 is 2.35 bits per heavy atom. The molecule has 1 aromatic rings. The summed E-state index contributed by atoms with van der Waals surface area (Å²) in [5, 5.41) is 0. The van der Waals surface area contributed by atoms with E-state index in [9.17, 15) is 13.6 Å². The first-order chi connectivity index (χ1) is 12.4. The van der Waals surface area contributed by atoms with Crippen LogP contribution in [-0.4, -0.2) is 64.3 Å². The Kier molecular flexibility index (Phi) is 5.05. The Bertz CT molecular complexity index is 652. The van der Waals surface area contributed by atoms with Crippen molar-refractivity contribution in [2.75, 3.05) is 50.2 Å². The molecule has 0 saturated carbocycles. The summed E-state index contributed by atoms with van der Waals surface area (Å²) < 4.78 is 44.2. The van der Waals surface area contributed by atoms with Gasteiger partial charge in [-0.15, -0.1) is 0 Å². The van der Waals surface area contributed by atoms with E-state index in [1.807, 2.05) is 0 Å². The molecule has 0 unspecified atom stereocenters. The van der Waals surface area contributed by atoms with Crippen molar-refractivity contribution in [1.82, 2.24) is 0 Å². The fourth-order valence-corrected chi connectivity index (χ4v) is 3.41. The van der Waals surface area contributed by atoms with E-state index in [1.54, 1.807) is 29.2 Å². The predicted molar refractivity (Wildman–Crippen MR) is 91.6 cm³/mol. The first kappa shape index (κ1) is 18.8. The summed E-state index contributed by atoms with van der Waals surface area (Å²) in [5.74, 6) is -5.07. The van der Waals surface area contributed by atoms with Gasteiger partial charge >= 0.3 is 12.0 Å². The van der Waals surface area contributed by atoms with E-state index in [0.717, 1.165) is 0 Å². The molecule has 1 amide bonds. The molecule has 26 heavy (non-hydrogen) atoms. The van der Waals surface area contributed by atoms with Gasteiger partial charge in [-0.2, -0.15) is 8.78 Å². The topological polar surface area (TPSA) is 77.3 Å². The van der Waals surface area contributed by atoms with E-state index < -0.39 is 24.3 Å². The van der Waals surface area contributed by atoms with Gasteiger partial charge in [0.2, 0.25) is 5.79 Å². The molecule has 9 heteroatoms. The number of ether oxygens (including phenoxy) is 3. The fourth-order valence-electron chi connectivity index (χ4n) is 3.41. The van der Waals surface area contributed by atoms with Crippen LogP contribution in [0.1, 0.15) is 6.42 Å². The minimum absolute atomic E-state index is 0.0331. The number of carbonyl (C=O) groups excluding carboxylic acids is 1. The summed E-state index contributed by atoms with van der Waals surface area (Å²) in [5.41, 5.74) is 6.80. The normalized spacial score (nSPS) is 24.7. The van der Waals surface area contributed by atoms with Crippen LogP contribution in [0.2, 0.25) is 0 Å². The molecule has 2 aliphatic rings. The smallest absolute Gasteiger partial charge is 0.414 e. The lowest BCUT2D eigenvalue weighted by atomic mass is 9.98. The van der Waals surface area contributed by atoms with Gasteiger partial charge in [0.25, 0.3) is 0 Å². The largest absolute Gasteiger partial charge is 0.443 e. The lowest BCUT2D eigenvalue weighted by Crippen LogP contribution is -2.62. The monoisotopic (exact) mass is 371 g/mol. The number of methoxy groups -OCH3 is 2. The maximum absolute atomic E-state index is 14.5. The van der Waals surface area contributed by atoms with Crippen molar-refractivity contribution >= 4 is 17.5 Å². The second kappa shape index (κ2) is 6.98. The summed E-state index contributed by atoms with van der Waals surface area (Å²) in [6.07, 6.45) is -0.757. The molecule has 0 bridgehead atoms. The minimum Gasteiger partial charge on any atom is -0.443 e. The van der Waals surface area contributed by atoms with Crippen LogP contribution in [0.25, 0.3) is 0 Å². The molecule has 2 fully saturated rings. The molecule has 0 aliphatic carbocycles. The van der Waals surface area contributed by atoms with Crippen molar-refractivity contribution in [2.45, 2.75) is 24.2 Å².